The van der Waals surface area contributed by atoms with Gasteiger partial charge in [-0.2, -0.15) is 0 Å². The molecule has 0 N–H and O–H groups in total. The van der Waals surface area contributed by atoms with E-state index >= 15 is 0 Å². The number of amides is 2. The molecule has 0 spiro atoms. The fourth-order valence-electron chi connectivity index (χ4n) is 2.66. The first-order chi connectivity index (χ1) is 13.7. The molecular weight excluding hydrogens is 424 g/mol. The van der Waals surface area contributed by atoms with E-state index in [0.717, 1.165) is 12.0 Å². The van der Waals surface area contributed by atoms with Crippen LogP contribution in [0.2, 0.25) is 5.02 Å². The summed E-state index contributed by atoms with van der Waals surface area (Å²) in [7, 11) is 1.16. The third kappa shape index (κ3) is 4.03. The molecule has 1 aromatic carbocycles. The minimum Gasteiger partial charge on any atom is -0.467 e. The zero-order valence-corrected chi connectivity index (χ0v) is 16.7. The molecule has 2 amide bonds. The van der Waals surface area contributed by atoms with Gasteiger partial charge in [-0.05, 0) is 43.0 Å². The highest BCUT2D eigenvalue weighted by Gasteiger charge is 2.41. The molecule has 3 rings (SSSR count). The number of nitro groups is 1. The number of hydrogen-bond acceptors (Lipinski definition) is 8. The van der Waals surface area contributed by atoms with Crippen molar-refractivity contribution in [2.75, 3.05) is 7.11 Å². The van der Waals surface area contributed by atoms with Crippen LogP contribution in [-0.2, 0) is 14.3 Å². The number of carbonyl (C=O) groups is 3. The third-order valence-corrected chi connectivity index (χ3v) is 5.19. The number of rotatable bonds is 5. The Morgan fingerprint density at radius 3 is 2.72 bits per heavy atom. The first-order valence-corrected chi connectivity index (χ1v) is 9.31. The summed E-state index contributed by atoms with van der Waals surface area (Å²) in [5.74, 6) is -0.973. The summed E-state index contributed by atoms with van der Waals surface area (Å²) < 4.78 is 10.2. The van der Waals surface area contributed by atoms with Gasteiger partial charge in [0.25, 0.3) is 16.8 Å². The summed E-state index contributed by atoms with van der Waals surface area (Å²) in [6, 6.07) is 6.09. The lowest BCUT2D eigenvalue weighted by Crippen LogP contribution is -2.42. The Labute approximate surface area is 173 Å². The second-order valence-electron chi connectivity index (χ2n) is 5.87. The Bertz CT molecular complexity index is 1060. The maximum Gasteiger partial charge on any atom is 0.328 e. The number of halogens is 1. The summed E-state index contributed by atoms with van der Waals surface area (Å²) in [5.41, 5.74) is -0.0166. The van der Waals surface area contributed by atoms with Crippen LogP contribution in [0, 0.1) is 10.1 Å². The minimum absolute atomic E-state index is 0.0530. The molecule has 1 aliphatic rings. The van der Waals surface area contributed by atoms with Crippen LogP contribution in [-0.4, -0.2) is 40.1 Å². The van der Waals surface area contributed by atoms with Gasteiger partial charge in [-0.3, -0.25) is 24.6 Å². The highest BCUT2D eigenvalue weighted by molar-refractivity contribution is 8.18. The Morgan fingerprint density at radius 2 is 2.07 bits per heavy atom. The highest BCUT2D eigenvalue weighted by Crippen LogP contribution is 2.36. The zero-order chi connectivity index (χ0) is 21.3. The van der Waals surface area contributed by atoms with E-state index in [2.05, 4.69) is 4.74 Å². The summed E-state index contributed by atoms with van der Waals surface area (Å²) in [5, 5.41) is 10.9. The van der Waals surface area contributed by atoms with Crippen molar-refractivity contribution in [2.45, 2.75) is 13.0 Å². The van der Waals surface area contributed by atoms with Crippen LogP contribution in [0.1, 0.15) is 12.7 Å². The van der Waals surface area contributed by atoms with Gasteiger partial charge < -0.3 is 9.15 Å². The molecule has 0 unspecified atom stereocenters. The maximum absolute atomic E-state index is 12.5. The van der Waals surface area contributed by atoms with Crippen LogP contribution in [0.5, 0.6) is 0 Å². The van der Waals surface area contributed by atoms with E-state index in [1.807, 2.05) is 0 Å². The number of thioether (sulfide) groups is 1. The minimum atomic E-state index is -1.07. The van der Waals surface area contributed by atoms with E-state index in [9.17, 15) is 24.5 Å². The molecule has 1 fully saturated rings. The molecule has 29 heavy (non-hydrogen) atoms. The third-order valence-electron chi connectivity index (χ3n) is 4.08. The number of methoxy groups -OCH3 is 1. The monoisotopic (exact) mass is 436 g/mol. The summed E-state index contributed by atoms with van der Waals surface area (Å²) >= 11 is 6.47. The van der Waals surface area contributed by atoms with Crippen LogP contribution in [0.3, 0.4) is 0 Å². The SMILES string of the molecule is COC(=O)[C@@H](C)N1C(=O)S/C(=C/c2ccc(-c3ccc(Cl)cc3[N+](=O)[O-])o2)C1=O. The first kappa shape index (κ1) is 20.6. The number of nitro benzene ring substituents is 1. The van der Waals surface area contributed by atoms with E-state index in [0.29, 0.717) is 11.8 Å². The molecule has 11 heteroatoms. The number of esters is 1. The molecule has 1 atom stereocenters. The van der Waals surface area contributed by atoms with Crippen LogP contribution < -0.4 is 0 Å². The Balaban J connectivity index is 1.90. The first-order valence-electron chi connectivity index (χ1n) is 8.12. The van der Waals surface area contributed by atoms with E-state index in [1.165, 1.54) is 43.3 Å². The van der Waals surface area contributed by atoms with Crippen LogP contribution in [0.15, 0.2) is 39.7 Å². The molecule has 0 bridgehead atoms. The van der Waals surface area contributed by atoms with Gasteiger partial charge in [-0.25, -0.2) is 4.79 Å². The van der Waals surface area contributed by atoms with Gasteiger partial charge in [0.1, 0.15) is 17.6 Å². The molecule has 1 saturated heterocycles. The molecule has 2 heterocycles. The van der Waals surface area contributed by atoms with E-state index < -0.39 is 28.1 Å². The second-order valence-corrected chi connectivity index (χ2v) is 7.30. The van der Waals surface area contributed by atoms with Crippen molar-refractivity contribution in [1.82, 2.24) is 4.90 Å². The molecule has 0 saturated carbocycles. The van der Waals surface area contributed by atoms with Gasteiger partial charge in [0.15, 0.2) is 0 Å². The number of ether oxygens (including phenoxy) is 1. The normalized spacial score (nSPS) is 16.4. The summed E-state index contributed by atoms with van der Waals surface area (Å²) in [6.07, 6.45) is 1.33. The van der Waals surface area contributed by atoms with Gasteiger partial charge >= 0.3 is 5.97 Å². The quantitative estimate of drug-likeness (QED) is 0.297. The van der Waals surface area contributed by atoms with Gasteiger partial charge in [-0.15, -0.1) is 0 Å². The Kier molecular flexibility index (Phi) is 5.76. The van der Waals surface area contributed by atoms with Crippen LogP contribution >= 0.6 is 23.4 Å². The number of imide groups is 1. The number of hydrogen-bond donors (Lipinski definition) is 0. The summed E-state index contributed by atoms with van der Waals surface area (Å²) in [4.78, 5) is 47.8. The van der Waals surface area contributed by atoms with Crippen LogP contribution in [0.4, 0.5) is 10.5 Å². The predicted molar refractivity (Wildman–Crippen MR) is 105 cm³/mol. The Morgan fingerprint density at radius 1 is 1.34 bits per heavy atom. The molecule has 9 nitrogen and oxygen atoms in total. The maximum atomic E-state index is 12.5. The van der Waals surface area contributed by atoms with E-state index in [1.54, 1.807) is 0 Å². The van der Waals surface area contributed by atoms with Crippen molar-refractivity contribution in [2.24, 2.45) is 0 Å². The second kappa shape index (κ2) is 8.10. The topological polar surface area (TPSA) is 120 Å². The lowest BCUT2D eigenvalue weighted by Gasteiger charge is -2.18. The van der Waals surface area contributed by atoms with Crippen molar-refractivity contribution in [1.29, 1.82) is 0 Å². The number of nitrogens with zero attached hydrogens (tertiary/aromatic N) is 2. The predicted octanol–water partition coefficient (Wildman–Crippen LogP) is 4.11. The highest BCUT2D eigenvalue weighted by atomic mass is 35.5. The van der Waals surface area contributed by atoms with E-state index in [-0.39, 0.29) is 32.7 Å². The van der Waals surface area contributed by atoms with Crippen molar-refractivity contribution in [3.05, 3.63) is 56.1 Å². The molecule has 1 aliphatic heterocycles. The molecule has 0 radical (unpaired) electrons. The number of benzene rings is 1. The average molecular weight is 437 g/mol. The fraction of sp³-hybridized carbons (Fsp3) is 0.167. The number of furan rings is 1. The largest absolute Gasteiger partial charge is 0.467 e. The van der Waals surface area contributed by atoms with Gasteiger partial charge in [-0.1, -0.05) is 11.6 Å². The number of carbonyl (C=O) groups excluding carboxylic acids is 3. The molecule has 0 aliphatic carbocycles. The molecule has 2 aromatic rings. The lowest BCUT2D eigenvalue weighted by molar-refractivity contribution is -0.384. The van der Waals surface area contributed by atoms with Crippen molar-refractivity contribution in [3.8, 4) is 11.3 Å². The van der Waals surface area contributed by atoms with E-state index in [4.69, 9.17) is 16.0 Å². The Hall–Kier alpha value is -3.11. The smallest absolute Gasteiger partial charge is 0.328 e. The van der Waals surface area contributed by atoms with Crippen molar-refractivity contribution < 1.29 is 28.5 Å². The van der Waals surface area contributed by atoms with Crippen LogP contribution in [0.25, 0.3) is 17.4 Å². The van der Waals surface area contributed by atoms with Crippen molar-refractivity contribution in [3.63, 3.8) is 0 Å². The molecular formula is C18H13ClN2O7S. The van der Waals surface area contributed by atoms with Gasteiger partial charge in [0, 0.05) is 17.2 Å². The average Bonchev–Trinajstić information content (AvgIpc) is 3.25. The lowest BCUT2D eigenvalue weighted by atomic mass is 10.1. The van der Waals surface area contributed by atoms with Crippen molar-refractivity contribution >= 4 is 52.2 Å². The fourth-order valence-corrected chi connectivity index (χ4v) is 3.71. The zero-order valence-electron chi connectivity index (χ0n) is 15.1. The molecule has 150 valence electrons. The molecule has 1 aromatic heterocycles. The van der Waals surface area contributed by atoms with Gasteiger partial charge in [0.05, 0.1) is 22.5 Å². The standard InChI is InChI=1S/C18H13ClN2O7S/c1-9(17(23)27-2)20-16(22)15(29-18(20)24)8-11-4-6-14(28-11)12-5-3-10(19)7-13(12)21(25)26/h3-9H,1-2H3/b15-8+/t9-/m1/s1. The van der Waals surface area contributed by atoms with Gasteiger partial charge in [0.2, 0.25) is 0 Å². The summed E-state index contributed by atoms with van der Waals surface area (Å²) in [6.45, 7) is 1.38.